The van der Waals surface area contributed by atoms with Crippen molar-refractivity contribution in [3.8, 4) is 0 Å². The summed E-state index contributed by atoms with van der Waals surface area (Å²) in [6.07, 6.45) is 15.1. The molecule has 27 heavy (non-hydrogen) atoms. The summed E-state index contributed by atoms with van der Waals surface area (Å²) in [6.45, 7) is 7.76. The number of allylic oxidation sites excluding steroid dienone is 1. The molecule has 153 valence electrons. The Hall–Kier alpha value is 0.474. The number of rotatable bonds is 3. The third kappa shape index (κ3) is 4.06. The molecule has 0 amide bonds. The van der Waals surface area contributed by atoms with Crippen LogP contribution >= 0.6 is 0 Å². The summed E-state index contributed by atoms with van der Waals surface area (Å²) in [7, 11) is 0. The molecule has 0 aliphatic heterocycles. The zero-order valence-corrected chi connectivity index (χ0v) is 19.1. The van der Waals surface area contributed by atoms with Gasteiger partial charge in [0.2, 0.25) is 0 Å². The van der Waals surface area contributed by atoms with E-state index in [4.69, 9.17) is 4.74 Å². The minimum absolute atomic E-state index is 0. The van der Waals surface area contributed by atoms with Crippen LogP contribution in [0.25, 0.3) is 0 Å². The van der Waals surface area contributed by atoms with Crippen molar-refractivity contribution in [2.24, 2.45) is 34.5 Å². The van der Waals surface area contributed by atoms with Crippen molar-refractivity contribution >= 4 is 6.29 Å². The van der Waals surface area contributed by atoms with Crippen LogP contribution in [0.1, 0.15) is 87.0 Å². The van der Waals surface area contributed by atoms with Crippen LogP contribution in [0.4, 0.5) is 0 Å². The van der Waals surface area contributed by atoms with E-state index in [1.165, 1.54) is 44.9 Å². The average molecular weight is 450 g/mol. The van der Waals surface area contributed by atoms with Gasteiger partial charge in [0.05, 0.1) is 6.10 Å². The van der Waals surface area contributed by atoms with Crippen molar-refractivity contribution in [2.45, 2.75) is 93.1 Å². The predicted octanol–water partition coefficient (Wildman–Crippen LogP) is 6.35. The van der Waals surface area contributed by atoms with Gasteiger partial charge in [-0.3, -0.25) is 0 Å². The van der Waals surface area contributed by atoms with E-state index in [0.29, 0.717) is 10.8 Å². The molecule has 3 heteroatoms. The average Bonchev–Trinajstić information content (AvgIpc) is 2.88. The van der Waals surface area contributed by atoms with E-state index in [1.54, 1.807) is 5.57 Å². The topological polar surface area (TPSA) is 26.3 Å². The molecule has 0 bridgehead atoms. The Bertz CT molecular complexity index is 544. The smallest absolute Gasteiger partial charge is 0.0726 e. The van der Waals surface area contributed by atoms with Gasteiger partial charge in [-0.2, -0.15) is 0 Å². The Balaban J connectivity index is 0.00000121. The predicted molar refractivity (Wildman–Crippen MR) is 110 cm³/mol. The number of hydrogen-bond acceptors (Lipinski definition) is 2. The number of fused-ring (bicyclic) bond motifs is 5. The third-order valence-corrected chi connectivity index (χ3v) is 8.90. The summed E-state index contributed by atoms with van der Waals surface area (Å²) < 4.78 is 5.66. The fourth-order valence-corrected chi connectivity index (χ4v) is 7.23. The van der Waals surface area contributed by atoms with Crippen molar-refractivity contribution in [1.29, 1.82) is 0 Å². The Morgan fingerprint density at radius 1 is 1.07 bits per heavy atom. The van der Waals surface area contributed by atoms with Crippen LogP contribution in [0.3, 0.4) is 0 Å². The first-order valence-corrected chi connectivity index (χ1v) is 10.2. The molecule has 0 N–H and O–H groups in total. The molecule has 4 aliphatic carbocycles. The first-order chi connectivity index (χ1) is 11.5. The number of hydrogen-bond donors (Lipinski definition) is 0. The van der Waals surface area contributed by atoms with E-state index in [2.05, 4.69) is 26.8 Å². The Labute approximate surface area is 193 Å². The molecule has 0 aromatic heterocycles. The van der Waals surface area contributed by atoms with Crippen molar-refractivity contribution in [1.82, 2.24) is 0 Å². The van der Waals surface area contributed by atoms with Crippen molar-refractivity contribution in [3.05, 3.63) is 11.6 Å². The van der Waals surface area contributed by atoms with E-state index in [1.807, 2.05) is 6.29 Å². The van der Waals surface area contributed by atoms with Crippen LogP contribution in [0.15, 0.2) is 11.6 Å². The third-order valence-electron chi connectivity index (χ3n) is 8.90. The van der Waals surface area contributed by atoms with Crippen molar-refractivity contribution < 1.29 is 42.2 Å². The molecule has 3 saturated carbocycles. The molecule has 0 aromatic carbocycles. The maximum Gasteiger partial charge on any atom is 0.0726 e. The van der Waals surface area contributed by atoms with Gasteiger partial charge in [-0.25, -0.2) is 6.29 Å². The van der Waals surface area contributed by atoms with Crippen LogP contribution in [0.5, 0.6) is 0 Å². The number of ether oxygens (including phenoxy) is 1. The molecule has 1 radical (unpaired) electrons. The first-order valence-electron chi connectivity index (χ1n) is 10.2. The SMILES string of the molecule is C.C.CC1CCC2C3CCC4=C[C@H](OC[C-]=O)CCC4(C)C3CCC12C.[Y]. The zero-order valence-electron chi connectivity index (χ0n) is 16.2. The van der Waals surface area contributed by atoms with Gasteiger partial charge in [0, 0.05) is 32.7 Å². The Morgan fingerprint density at radius 2 is 1.81 bits per heavy atom. The molecule has 4 aliphatic rings. The number of carbonyl (C=O) groups excluding carboxylic acids is 1. The summed E-state index contributed by atoms with van der Waals surface area (Å²) >= 11 is 0. The zero-order chi connectivity index (χ0) is 16.9. The van der Waals surface area contributed by atoms with Crippen molar-refractivity contribution in [2.75, 3.05) is 6.61 Å². The largest absolute Gasteiger partial charge is 0.540 e. The molecule has 6 unspecified atom stereocenters. The fraction of sp³-hybridized carbons (Fsp3) is 0.875. The molecule has 2 nitrogen and oxygen atoms in total. The summed E-state index contributed by atoms with van der Waals surface area (Å²) in [4.78, 5) is 10.5. The molecular formula is C24H41O2Y-. The van der Waals surface area contributed by atoms with Gasteiger partial charge in [0.25, 0.3) is 0 Å². The molecule has 4 rings (SSSR count). The van der Waals surface area contributed by atoms with Crippen molar-refractivity contribution in [3.63, 3.8) is 0 Å². The molecule has 0 spiro atoms. The van der Waals surface area contributed by atoms with Crippen LogP contribution < -0.4 is 0 Å². The minimum Gasteiger partial charge on any atom is -0.540 e. The second kappa shape index (κ2) is 9.52. The monoisotopic (exact) mass is 450 g/mol. The molecule has 7 atom stereocenters. The normalized spacial score (nSPS) is 44.9. The summed E-state index contributed by atoms with van der Waals surface area (Å²) in [5, 5.41) is 0. The van der Waals surface area contributed by atoms with Crippen LogP contribution in [0, 0.1) is 34.5 Å². The van der Waals surface area contributed by atoms with E-state index < -0.39 is 0 Å². The molecule has 3 fully saturated rings. The van der Waals surface area contributed by atoms with Gasteiger partial charge in [-0.1, -0.05) is 47.3 Å². The quantitative estimate of drug-likeness (QED) is 0.370. The van der Waals surface area contributed by atoms with Gasteiger partial charge in [-0.15, -0.1) is 0 Å². The summed E-state index contributed by atoms with van der Waals surface area (Å²) in [5.41, 5.74) is 2.64. The van der Waals surface area contributed by atoms with Gasteiger partial charge in [0.15, 0.2) is 0 Å². The Kier molecular flexibility index (Phi) is 9.00. The molecule has 0 saturated heterocycles. The fourth-order valence-electron chi connectivity index (χ4n) is 7.23. The van der Waals surface area contributed by atoms with E-state index in [9.17, 15) is 4.79 Å². The standard InChI is InChI=1S/C22H33O2.2CH4.Y/c1-15-4-7-19-18-6-5-16-14-17(24-13-12-23)8-10-22(16,3)20(18)9-11-21(15,19)2;;;/h14-15,17-20H,4-11,13H2,1-3H3;2*1H4;/q-1;;;/t15?,17-,18?,19?,20?,21?,22?;;;/m1.../s1. The van der Waals surface area contributed by atoms with Gasteiger partial charge in [-0.05, 0) is 92.5 Å². The van der Waals surface area contributed by atoms with Gasteiger partial charge < -0.3 is 9.53 Å². The van der Waals surface area contributed by atoms with Gasteiger partial charge >= 0.3 is 0 Å². The minimum atomic E-state index is 0. The maximum absolute atomic E-state index is 10.5. The second-order valence-electron chi connectivity index (χ2n) is 9.58. The van der Waals surface area contributed by atoms with Crippen LogP contribution in [-0.4, -0.2) is 19.0 Å². The first kappa shape index (κ1) is 25.5. The summed E-state index contributed by atoms with van der Waals surface area (Å²) in [6, 6.07) is 0. The second-order valence-corrected chi connectivity index (χ2v) is 9.58. The molecule has 0 aromatic rings. The van der Waals surface area contributed by atoms with E-state index >= 15 is 0 Å². The molecular weight excluding hydrogens is 409 g/mol. The Morgan fingerprint density at radius 3 is 2.52 bits per heavy atom. The van der Waals surface area contributed by atoms with E-state index in [-0.39, 0.29) is 60.3 Å². The maximum atomic E-state index is 10.5. The summed E-state index contributed by atoms with van der Waals surface area (Å²) in [5.74, 6) is 3.69. The van der Waals surface area contributed by atoms with Crippen LogP contribution in [-0.2, 0) is 42.2 Å². The van der Waals surface area contributed by atoms with Gasteiger partial charge in [0.1, 0.15) is 0 Å². The molecule has 0 heterocycles. The van der Waals surface area contributed by atoms with E-state index in [0.717, 1.165) is 30.1 Å². The van der Waals surface area contributed by atoms with Crippen LogP contribution in [0.2, 0.25) is 0 Å².